The Morgan fingerprint density at radius 3 is 2.61 bits per heavy atom. The van der Waals surface area contributed by atoms with Crippen LogP contribution in [0, 0.1) is 0 Å². The lowest BCUT2D eigenvalue weighted by Crippen LogP contribution is -2.33. The average molecular weight is 442 g/mol. The molecule has 1 aliphatic rings. The molecule has 0 radical (unpaired) electrons. The van der Waals surface area contributed by atoms with Crippen LogP contribution in [0.5, 0.6) is 11.5 Å². The highest BCUT2D eigenvalue weighted by Crippen LogP contribution is 2.35. The van der Waals surface area contributed by atoms with Crippen LogP contribution in [0.1, 0.15) is 42.1 Å². The maximum absolute atomic E-state index is 13.6. The molecule has 0 N–H and O–H groups in total. The molecule has 0 unspecified atom stereocenters. The molecule has 31 heavy (non-hydrogen) atoms. The van der Waals surface area contributed by atoms with Gasteiger partial charge in [0, 0.05) is 24.4 Å². The number of methoxy groups -OCH3 is 2. The molecule has 166 valence electrons. The smallest absolute Gasteiger partial charge is 0.262 e. The number of fused-ring (bicyclic) bond motifs is 3. The van der Waals surface area contributed by atoms with E-state index in [0.29, 0.717) is 24.5 Å². The van der Waals surface area contributed by atoms with Crippen molar-refractivity contribution in [1.82, 2.24) is 14.5 Å². The number of thiophene rings is 1. The van der Waals surface area contributed by atoms with Gasteiger partial charge in [0.15, 0.2) is 11.5 Å². The second-order valence-corrected chi connectivity index (χ2v) is 9.00. The van der Waals surface area contributed by atoms with Crippen molar-refractivity contribution in [2.45, 2.75) is 46.1 Å². The predicted octanol–water partition coefficient (Wildman–Crippen LogP) is 3.90. The summed E-state index contributed by atoms with van der Waals surface area (Å²) < 4.78 is 12.7. The Kier molecular flexibility index (Phi) is 6.62. The second-order valence-electron chi connectivity index (χ2n) is 7.92. The predicted molar refractivity (Wildman–Crippen MR) is 126 cm³/mol. The minimum atomic E-state index is 0.118. The van der Waals surface area contributed by atoms with E-state index in [1.165, 1.54) is 10.4 Å². The number of rotatable bonds is 9. The molecule has 0 saturated carbocycles. The number of aromatic nitrogens is 2. The maximum atomic E-state index is 13.6. The van der Waals surface area contributed by atoms with Crippen molar-refractivity contribution < 1.29 is 9.47 Å². The molecule has 0 aliphatic heterocycles. The molecule has 2 heterocycles. The molecule has 0 fully saturated rings. The summed E-state index contributed by atoms with van der Waals surface area (Å²) in [7, 11) is 3.27. The highest BCUT2D eigenvalue weighted by molar-refractivity contribution is 7.18. The van der Waals surface area contributed by atoms with Gasteiger partial charge in [0.2, 0.25) is 0 Å². The van der Waals surface area contributed by atoms with Gasteiger partial charge in [0.05, 0.1) is 19.6 Å². The first-order chi connectivity index (χ1) is 15.1. The molecule has 1 aromatic carbocycles. The van der Waals surface area contributed by atoms with Gasteiger partial charge in [-0.15, -0.1) is 11.3 Å². The maximum Gasteiger partial charge on any atom is 0.262 e. The zero-order valence-corrected chi connectivity index (χ0v) is 19.7. The molecular formula is C24H31N3O3S. The minimum Gasteiger partial charge on any atom is -0.493 e. The quantitative estimate of drug-likeness (QED) is 0.504. The van der Waals surface area contributed by atoms with Crippen LogP contribution in [-0.2, 0) is 25.8 Å². The average Bonchev–Trinajstić information content (AvgIpc) is 3.37. The molecule has 0 atom stereocenters. The number of nitrogens with zero attached hydrogens (tertiary/aromatic N) is 3. The van der Waals surface area contributed by atoms with Gasteiger partial charge in [0.1, 0.15) is 10.7 Å². The molecule has 1 aliphatic carbocycles. The van der Waals surface area contributed by atoms with Crippen LogP contribution >= 0.6 is 11.3 Å². The first-order valence-corrected chi connectivity index (χ1v) is 11.9. The van der Waals surface area contributed by atoms with Crippen LogP contribution in [0.4, 0.5) is 0 Å². The Balaban J connectivity index is 1.77. The highest BCUT2D eigenvalue weighted by atomic mass is 32.1. The molecule has 0 saturated heterocycles. The summed E-state index contributed by atoms with van der Waals surface area (Å²) in [6.07, 6.45) is 3.79. The molecular weight excluding hydrogens is 410 g/mol. The van der Waals surface area contributed by atoms with Crippen LogP contribution < -0.4 is 15.0 Å². The molecule has 6 nitrogen and oxygen atoms in total. The summed E-state index contributed by atoms with van der Waals surface area (Å²) in [5.41, 5.74) is 2.41. The molecule has 0 bridgehead atoms. The van der Waals surface area contributed by atoms with Gasteiger partial charge in [-0.05, 0) is 55.6 Å². The van der Waals surface area contributed by atoms with Gasteiger partial charge >= 0.3 is 0 Å². The van der Waals surface area contributed by atoms with Gasteiger partial charge < -0.3 is 14.4 Å². The van der Waals surface area contributed by atoms with Crippen molar-refractivity contribution in [3.05, 3.63) is 50.4 Å². The Hall–Kier alpha value is -2.38. The van der Waals surface area contributed by atoms with Crippen LogP contribution in [-0.4, -0.2) is 48.3 Å². The van der Waals surface area contributed by atoms with Crippen LogP contribution in [0.15, 0.2) is 23.0 Å². The van der Waals surface area contributed by atoms with E-state index in [1.807, 2.05) is 22.8 Å². The number of hydrogen-bond acceptors (Lipinski definition) is 6. The Labute approximate surface area is 187 Å². The first kappa shape index (κ1) is 21.8. The summed E-state index contributed by atoms with van der Waals surface area (Å²) >= 11 is 1.70. The number of aryl methyl sites for hydroxylation is 2. The van der Waals surface area contributed by atoms with Gasteiger partial charge in [0.25, 0.3) is 5.56 Å². The van der Waals surface area contributed by atoms with E-state index in [-0.39, 0.29) is 5.56 Å². The zero-order chi connectivity index (χ0) is 22.0. The van der Waals surface area contributed by atoms with Crippen molar-refractivity contribution in [2.24, 2.45) is 0 Å². The van der Waals surface area contributed by atoms with E-state index < -0.39 is 0 Å². The summed E-state index contributed by atoms with van der Waals surface area (Å²) in [5.74, 6) is 2.20. The van der Waals surface area contributed by atoms with E-state index in [0.717, 1.165) is 60.5 Å². The lowest BCUT2D eigenvalue weighted by atomic mass is 10.1. The third-order valence-electron chi connectivity index (χ3n) is 6.25. The number of benzene rings is 1. The van der Waals surface area contributed by atoms with E-state index in [1.54, 1.807) is 25.6 Å². The van der Waals surface area contributed by atoms with Crippen LogP contribution in [0.25, 0.3) is 10.2 Å². The summed E-state index contributed by atoms with van der Waals surface area (Å²) in [5, 5.41) is 0.855. The fourth-order valence-electron chi connectivity index (χ4n) is 4.44. The largest absolute Gasteiger partial charge is 0.493 e. The third kappa shape index (κ3) is 4.21. The van der Waals surface area contributed by atoms with Crippen molar-refractivity contribution >= 4 is 21.6 Å². The van der Waals surface area contributed by atoms with Gasteiger partial charge in [-0.1, -0.05) is 19.9 Å². The lowest BCUT2D eigenvalue weighted by Gasteiger charge is -2.20. The van der Waals surface area contributed by atoms with Crippen molar-refractivity contribution in [2.75, 3.05) is 33.9 Å². The fraction of sp³-hybridized carbons (Fsp3) is 0.500. The normalized spacial score (nSPS) is 13.2. The SMILES string of the molecule is CCN(CC)CCn1c(Cc2ccc(OC)c(OC)c2)nc2sc3c(c2c1=O)CCC3. The topological polar surface area (TPSA) is 56.6 Å². The first-order valence-electron chi connectivity index (χ1n) is 11.1. The van der Waals surface area contributed by atoms with Gasteiger partial charge in [-0.2, -0.15) is 0 Å². The van der Waals surface area contributed by atoms with Crippen molar-refractivity contribution in [1.29, 1.82) is 0 Å². The van der Waals surface area contributed by atoms with Gasteiger partial charge in [-0.25, -0.2) is 4.98 Å². The van der Waals surface area contributed by atoms with Crippen molar-refractivity contribution in [3.8, 4) is 11.5 Å². The van der Waals surface area contributed by atoms with Crippen LogP contribution in [0.3, 0.4) is 0 Å². The molecule has 2 aromatic heterocycles. The highest BCUT2D eigenvalue weighted by Gasteiger charge is 2.23. The molecule has 3 aromatic rings. The Morgan fingerprint density at radius 1 is 1.13 bits per heavy atom. The van der Waals surface area contributed by atoms with E-state index >= 15 is 0 Å². The van der Waals surface area contributed by atoms with E-state index in [9.17, 15) is 4.79 Å². The number of ether oxygens (including phenoxy) is 2. The zero-order valence-electron chi connectivity index (χ0n) is 18.9. The lowest BCUT2D eigenvalue weighted by molar-refractivity contribution is 0.287. The summed E-state index contributed by atoms with van der Waals surface area (Å²) in [6, 6.07) is 5.89. The van der Waals surface area contributed by atoms with E-state index in [4.69, 9.17) is 14.5 Å². The summed E-state index contributed by atoms with van der Waals surface area (Å²) in [6.45, 7) is 7.75. The molecule has 7 heteroatoms. The van der Waals surface area contributed by atoms with Crippen molar-refractivity contribution in [3.63, 3.8) is 0 Å². The van der Waals surface area contributed by atoms with E-state index in [2.05, 4.69) is 18.7 Å². The molecule has 4 rings (SSSR count). The molecule has 0 spiro atoms. The molecule has 0 amide bonds. The Morgan fingerprint density at radius 2 is 1.90 bits per heavy atom. The summed E-state index contributed by atoms with van der Waals surface area (Å²) in [4.78, 5) is 23.2. The monoisotopic (exact) mass is 441 g/mol. The minimum absolute atomic E-state index is 0.118. The number of hydrogen-bond donors (Lipinski definition) is 0. The van der Waals surface area contributed by atoms with Crippen LogP contribution in [0.2, 0.25) is 0 Å². The van der Waals surface area contributed by atoms with Gasteiger partial charge in [-0.3, -0.25) is 9.36 Å². The third-order valence-corrected chi connectivity index (χ3v) is 7.43. The fourth-order valence-corrected chi connectivity index (χ4v) is 5.71. The standard InChI is InChI=1S/C24H31N3O3S/c1-5-26(6-2)12-13-27-21(15-16-10-11-18(29-3)19(14-16)30-4)25-23-22(24(27)28)17-8-7-9-20(17)31-23/h10-11,14H,5-9,12-13,15H2,1-4H3. The second kappa shape index (κ2) is 9.40. The number of likely N-dealkylation sites (N-methyl/N-ethyl adjacent to an activating group) is 1. The Bertz CT molecular complexity index is 1130.